The van der Waals surface area contributed by atoms with Gasteiger partial charge in [-0.1, -0.05) is 29.8 Å². The molecule has 1 N–H and O–H groups in total. The van der Waals surface area contributed by atoms with Crippen LogP contribution in [0.1, 0.15) is 21.5 Å². The summed E-state index contributed by atoms with van der Waals surface area (Å²) in [5.41, 5.74) is 4.54. The number of fused-ring (bicyclic) bond motifs is 1. The highest BCUT2D eigenvalue weighted by molar-refractivity contribution is 7.15. The van der Waals surface area contributed by atoms with Crippen LogP contribution in [0.25, 0.3) is 16.2 Å². The zero-order valence-electron chi connectivity index (χ0n) is 14.2. The van der Waals surface area contributed by atoms with Crippen LogP contribution in [0.5, 0.6) is 0 Å². The lowest BCUT2D eigenvalue weighted by atomic mass is 10.0. The number of hydrogen-bond acceptors (Lipinski definition) is 4. The van der Waals surface area contributed by atoms with E-state index >= 15 is 0 Å². The van der Waals surface area contributed by atoms with Gasteiger partial charge in [0.25, 0.3) is 11.9 Å². The molecule has 4 rings (SSSR count). The fourth-order valence-corrected chi connectivity index (χ4v) is 3.65. The van der Waals surface area contributed by atoms with Crippen molar-refractivity contribution < 1.29 is 9.18 Å². The van der Waals surface area contributed by atoms with Gasteiger partial charge in [-0.3, -0.25) is 10.1 Å². The first-order valence-corrected chi connectivity index (χ1v) is 8.88. The summed E-state index contributed by atoms with van der Waals surface area (Å²) in [6.45, 7) is 4.10. The van der Waals surface area contributed by atoms with Crippen LogP contribution >= 0.6 is 11.3 Å². The van der Waals surface area contributed by atoms with Crippen molar-refractivity contribution >= 4 is 28.2 Å². The molecule has 1 amide bonds. The zero-order chi connectivity index (χ0) is 18.3. The summed E-state index contributed by atoms with van der Waals surface area (Å²) >= 11 is 1.45. The molecule has 7 heteroatoms. The first kappa shape index (κ1) is 16.4. The van der Waals surface area contributed by atoms with E-state index in [-0.39, 0.29) is 11.5 Å². The van der Waals surface area contributed by atoms with Crippen molar-refractivity contribution in [2.45, 2.75) is 13.8 Å². The van der Waals surface area contributed by atoms with E-state index in [1.807, 2.05) is 5.38 Å². The monoisotopic (exact) mass is 366 g/mol. The van der Waals surface area contributed by atoms with E-state index in [2.05, 4.69) is 47.4 Å². The topological polar surface area (TPSA) is 59.3 Å². The van der Waals surface area contributed by atoms with Crippen molar-refractivity contribution in [1.82, 2.24) is 14.6 Å². The normalized spacial score (nSPS) is 11.0. The molecule has 0 bridgehead atoms. The average molecular weight is 366 g/mol. The second-order valence-corrected chi connectivity index (χ2v) is 6.87. The number of amides is 1. The highest BCUT2D eigenvalue weighted by Gasteiger charge is 2.15. The van der Waals surface area contributed by atoms with E-state index in [0.717, 1.165) is 16.8 Å². The Labute approximate surface area is 153 Å². The minimum atomic E-state index is -0.464. The Morgan fingerprint density at radius 2 is 2.04 bits per heavy atom. The number of rotatable bonds is 3. The van der Waals surface area contributed by atoms with Gasteiger partial charge in [0, 0.05) is 16.5 Å². The molecular formula is C19H15FN4OS. The number of aromatic nitrogens is 3. The summed E-state index contributed by atoms with van der Waals surface area (Å²) in [6.07, 6.45) is 0. The minimum Gasteiger partial charge on any atom is -0.289 e. The molecule has 0 atom stereocenters. The predicted octanol–water partition coefficient (Wildman–Crippen LogP) is 4.47. The summed E-state index contributed by atoms with van der Waals surface area (Å²) < 4.78 is 15.0. The summed E-state index contributed by atoms with van der Waals surface area (Å²) in [7, 11) is 0. The number of aryl methyl sites for hydroxylation is 2. The van der Waals surface area contributed by atoms with Gasteiger partial charge in [-0.15, -0.1) is 16.4 Å². The zero-order valence-corrected chi connectivity index (χ0v) is 15.0. The van der Waals surface area contributed by atoms with Gasteiger partial charge >= 0.3 is 0 Å². The van der Waals surface area contributed by atoms with Gasteiger partial charge in [0.1, 0.15) is 5.82 Å². The molecule has 2 aromatic heterocycles. The van der Waals surface area contributed by atoms with Crippen molar-refractivity contribution in [2.24, 2.45) is 0 Å². The number of nitrogens with zero attached hydrogens (tertiary/aromatic N) is 3. The third-order valence-electron chi connectivity index (χ3n) is 4.05. The molecule has 5 nitrogen and oxygen atoms in total. The van der Waals surface area contributed by atoms with Crippen molar-refractivity contribution in [2.75, 3.05) is 5.32 Å². The van der Waals surface area contributed by atoms with E-state index in [1.165, 1.54) is 41.2 Å². The number of nitrogens with one attached hydrogen (secondary N) is 1. The Morgan fingerprint density at radius 1 is 1.19 bits per heavy atom. The van der Waals surface area contributed by atoms with E-state index in [9.17, 15) is 9.18 Å². The molecule has 0 saturated carbocycles. The Morgan fingerprint density at radius 3 is 2.81 bits per heavy atom. The number of halogens is 1. The predicted molar refractivity (Wildman–Crippen MR) is 100 cm³/mol. The number of hydrogen-bond donors (Lipinski definition) is 1. The van der Waals surface area contributed by atoms with Crippen LogP contribution in [0.4, 0.5) is 10.3 Å². The van der Waals surface area contributed by atoms with Gasteiger partial charge in [0.05, 0.1) is 5.69 Å². The fourth-order valence-electron chi connectivity index (χ4n) is 2.82. The lowest BCUT2D eigenvalue weighted by Gasteiger charge is -2.05. The maximum Gasteiger partial charge on any atom is 0.258 e. The average Bonchev–Trinajstić information content (AvgIpc) is 3.15. The molecule has 0 unspecified atom stereocenters. The molecule has 0 aliphatic carbocycles. The molecule has 0 aliphatic heterocycles. The molecule has 0 radical (unpaired) electrons. The maximum atomic E-state index is 13.3. The van der Waals surface area contributed by atoms with Crippen molar-refractivity contribution in [3.63, 3.8) is 0 Å². The molecule has 0 aliphatic rings. The number of carbonyl (C=O) groups is 1. The van der Waals surface area contributed by atoms with Gasteiger partial charge in [-0.2, -0.15) is 4.98 Å². The molecule has 0 saturated heterocycles. The summed E-state index contributed by atoms with van der Waals surface area (Å²) in [4.78, 5) is 17.3. The first-order chi connectivity index (χ1) is 12.5. The van der Waals surface area contributed by atoms with Gasteiger partial charge in [-0.25, -0.2) is 8.91 Å². The third kappa shape index (κ3) is 2.97. The van der Waals surface area contributed by atoms with E-state index in [1.54, 1.807) is 4.52 Å². The molecule has 4 aromatic rings. The lowest BCUT2D eigenvalue weighted by molar-refractivity contribution is 0.102. The molecule has 0 fully saturated rings. The SMILES string of the molecule is Cc1ccc(-c2csc3nc(NC(=O)c4cccc(F)c4)nn23)c(C)c1. The van der Waals surface area contributed by atoms with E-state index < -0.39 is 11.7 Å². The Balaban J connectivity index is 1.67. The highest BCUT2D eigenvalue weighted by atomic mass is 32.1. The summed E-state index contributed by atoms with van der Waals surface area (Å²) in [6, 6.07) is 11.7. The van der Waals surface area contributed by atoms with Crippen LogP contribution in [0.3, 0.4) is 0 Å². The Bertz CT molecular complexity index is 1130. The van der Waals surface area contributed by atoms with Crippen LogP contribution in [-0.4, -0.2) is 20.5 Å². The fraction of sp³-hybridized carbons (Fsp3) is 0.105. The van der Waals surface area contributed by atoms with Crippen LogP contribution in [0.2, 0.25) is 0 Å². The molecule has 130 valence electrons. The highest BCUT2D eigenvalue weighted by Crippen LogP contribution is 2.29. The van der Waals surface area contributed by atoms with Crippen molar-refractivity contribution in [3.05, 3.63) is 70.4 Å². The van der Waals surface area contributed by atoms with E-state index in [0.29, 0.717) is 4.96 Å². The number of thiazole rings is 1. The van der Waals surface area contributed by atoms with E-state index in [4.69, 9.17) is 0 Å². The van der Waals surface area contributed by atoms with Crippen LogP contribution in [-0.2, 0) is 0 Å². The van der Waals surface area contributed by atoms with Gasteiger partial charge in [0.15, 0.2) is 0 Å². The molecule has 26 heavy (non-hydrogen) atoms. The Kier molecular flexibility index (Phi) is 4.00. The van der Waals surface area contributed by atoms with Crippen LogP contribution in [0, 0.1) is 19.7 Å². The maximum absolute atomic E-state index is 13.3. The third-order valence-corrected chi connectivity index (χ3v) is 4.87. The van der Waals surface area contributed by atoms with Crippen molar-refractivity contribution in [1.29, 1.82) is 0 Å². The number of carbonyl (C=O) groups excluding carboxylic acids is 1. The van der Waals surface area contributed by atoms with Gasteiger partial charge < -0.3 is 0 Å². The molecule has 0 spiro atoms. The largest absolute Gasteiger partial charge is 0.289 e. The smallest absolute Gasteiger partial charge is 0.258 e. The van der Waals surface area contributed by atoms with Crippen molar-refractivity contribution in [3.8, 4) is 11.3 Å². The number of benzene rings is 2. The molecular weight excluding hydrogens is 351 g/mol. The lowest BCUT2D eigenvalue weighted by Crippen LogP contribution is -2.13. The standard InChI is InChI=1S/C19H15FN4OS/c1-11-6-7-15(12(2)8-11)16-10-26-19-22-18(23-24(16)19)21-17(25)13-4-3-5-14(20)9-13/h3-10H,1-2H3,(H,21,23,25). The van der Waals surface area contributed by atoms with Crippen LogP contribution in [0.15, 0.2) is 47.8 Å². The van der Waals surface area contributed by atoms with Gasteiger partial charge in [0.2, 0.25) is 4.96 Å². The quantitative estimate of drug-likeness (QED) is 0.582. The van der Waals surface area contributed by atoms with Gasteiger partial charge in [-0.05, 0) is 37.6 Å². The Hall–Kier alpha value is -3.06. The molecule has 2 heterocycles. The minimum absolute atomic E-state index is 0.192. The molecule has 2 aromatic carbocycles. The number of anilines is 1. The summed E-state index contributed by atoms with van der Waals surface area (Å²) in [5.74, 6) is -0.721. The second-order valence-electron chi connectivity index (χ2n) is 6.03. The first-order valence-electron chi connectivity index (χ1n) is 8.00. The second kappa shape index (κ2) is 6.34. The van der Waals surface area contributed by atoms with Crippen LogP contribution < -0.4 is 5.32 Å². The summed E-state index contributed by atoms with van der Waals surface area (Å²) in [5, 5.41) is 9.00.